The van der Waals surface area contributed by atoms with Crippen molar-refractivity contribution in [2.24, 2.45) is 0 Å². The van der Waals surface area contributed by atoms with Crippen LogP contribution in [-0.2, 0) is 0 Å². The predicted molar refractivity (Wildman–Crippen MR) is 98.3 cm³/mol. The second-order valence-corrected chi connectivity index (χ2v) is 6.06. The molecule has 7 nitrogen and oxygen atoms in total. The minimum absolute atomic E-state index is 0.0196. The molecule has 0 aliphatic carbocycles. The Labute approximate surface area is 152 Å². The van der Waals surface area contributed by atoms with Crippen molar-refractivity contribution in [2.45, 2.75) is 18.9 Å². The summed E-state index contributed by atoms with van der Waals surface area (Å²) in [7, 11) is 3.09. The van der Waals surface area contributed by atoms with Crippen molar-refractivity contribution in [3.63, 3.8) is 0 Å². The number of rotatable bonds is 4. The van der Waals surface area contributed by atoms with Crippen molar-refractivity contribution in [1.29, 1.82) is 0 Å². The molecule has 0 saturated carbocycles. The molecule has 1 atom stereocenters. The highest BCUT2D eigenvalue weighted by atomic mass is 16.5. The SMILES string of the molecule is CNC(=O)c1ccc(OC)c(NC(=O)N2CCC[C@@H]2c2ccncc2)c1. The lowest BCUT2D eigenvalue weighted by molar-refractivity contribution is 0.0963. The number of methoxy groups -OCH3 is 1. The highest BCUT2D eigenvalue weighted by Crippen LogP contribution is 2.33. The third-order valence-corrected chi connectivity index (χ3v) is 4.53. The molecule has 3 amide bonds. The van der Waals surface area contributed by atoms with Gasteiger partial charge in [0.25, 0.3) is 5.91 Å². The monoisotopic (exact) mass is 354 g/mol. The fraction of sp³-hybridized carbons (Fsp3) is 0.316. The average Bonchev–Trinajstić information content (AvgIpc) is 3.18. The minimum Gasteiger partial charge on any atom is -0.495 e. The Morgan fingerprint density at radius 3 is 2.69 bits per heavy atom. The number of anilines is 1. The van der Waals surface area contributed by atoms with Crippen LogP contribution < -0.4 is 15.4 Å². The number of likely N-dealkylation sites (tertiary alicyclic amines) is 1. The summed E-state index contributed by atoms with van der Waals surface area (Å²) < 4.78 is 5.32. The molecule has 2 aromatic rings. The number of aromatic nitrogens is 1. The summed E-state index contributed by atoms with van der Waals surface area (Å²) in [6.45, 7) is 0.677. The molecule has 1 aromatic carbocycles. The Morgan fingerprint density at radius 2 is 2.00 bits per heavy atom. The topological polar surface area (TPSA) is 83.6 Å². The number of ether oxygens (including phenoxy) is 1. The van der Waals surface area contributed by atoms with Gasteiger partial charge in [-0.1, -0.05) is 0 Å². The Balaban J connectivity index is 1.82. The van der Waals surface area contributed by atoms with E-state index >= 15 is 0 Å². The van der Waals surface area contributed by atoms with Gasteiger partial charge in [-0.2, -0.15) is 0 Å². The number of benzene rings is 1. The third-order valence-electron chi connectivity index (χ3n) is 4.53. The molecule has 1 aliphatic rings. The molecule has 2 heterocycles. The lowest BCUT2D eigenvalue weighted by atomic mass is 10.1. The largest absolute Gasteiger partial charge is 0.495 e. The zero-order chi connectivity index (χ0) is 18.5. The van der Waals surface area contributed by atoms with Gasteiger partial charge in [0.2, 0.25) is 0 Å². The van der Waals surface area contributed by atoms with Gasteiger partial charge >= 0.3 is 6.03 Å². The van der Waals surface area contributed by atoms with E-state index in [2.05, 4.69) is 15.6 Å². The molecule has 2 N–H and O–H groups in total. The number of hydrogen-bond donors (Lipinski definition) is 2. The van der Waals surface area contributed by atoms with Crippen LogP contribution in [0.3, 0.4) is 0 Å². The van der Waals surface area contributed by atoms with Gasteiger partial charge in [0.15, 0.2) is 0 Å². The zero-order valence-electron chi connectivity index (χ0n) is 14.9. The molecule has 1 aliphatic heterocycles. The number of carbonyl (C=O) groups excluding carboxylic acids is 2. The number of hydrogen-bond acceptors (Lipinski definition) is 4. The first kappa shape index (κ1) is 17.7. The van der Waals surface area contributed by atoms with Gasteiger partial charge in [0.05, 0.1) is 18.8 Å². The Hall–Kier alpha value is -3.09. The smallest absolute Gasteiger partial charge is 0.322 e. The lowest BCUT2D eigenvalue weighted by Gasteiger charge is -2.25. The maximum atomic E-state index is 12.9. The van der Waals surface area contributed by atoms with E-state index < -0.39 is 0 Å². The number of nitrogens with zero attached hydrogens (tertiary/aromatic N) is 2. The van der Waals surface area contributed by atoms with E-state index in [4.69, 9.17) is 4.74 Å². The van der Waals surface area contributed by atoms with Gasteiger partial charge in [-0.25, -0.2) is 4.79 Å². The number of nitrogens with one attached hydrogen (secondary N) is 2. The quantitative estimate of drug-likeness (QED) is 0.884. The molecule has 3 rings (SSSR count). The van der Waals surface area contributed by atoms with E-state index in [0.29, 0.717) is 23.5 Å². The maximum Gasteiger partial charge on any atom is 0.322 e. The molecule has 0 radical (unpaired) electrons. The van der Waals surface area contributed by atoms with Crippen LogP contribution in [0.4, 0.5) is 10.5 Å². The first-order valence-corrected chi connectivity index (χ1v) is 8.51. The van der Waals surface area contributed by atoms with Gasteiger partial charge < -0.3 is 20.3 Å². The number of carbonyl (C=O) groups is 2. The summed E-state index contributed by atoms with van der Waals surface area (Å²) in [6.07, 6.45) is 5.32. The van der Waals surface area contributed by atoms with Crippen LogP contribution in [0.15, 0.2) is 42.7 Å². The van der Waals surface area contributed by atoms with Crippen molar-refractivity contribution in [2.75, 3.05) is 26.0 Å². The van der Waals surface area contributed by atoms with E-state index in [1.165, 1.54) is 7.11 Å². The van der Waals surface area contributed by atoms with Crippen molar-refractivity contribution < 1.29 is 14.3 Å². The van der Waals surface area contributed by atoms with Crippen LogP contribution in [0.1, 0.15) is 34.8 Å². The molecule has 0 unspecified atom stereocenters. The molecule has 136 valence electrons. The lowest BCUT2D eigenvalue weighted by Crippen LogP contribution is -2.34. The first-order chi connectivity index (χ1) is 12.6. The zero-order valence-corrected chi connectivity index (χ0v) is 14.9. The summed E-state index contributed by atoms with van der Waals surface area (Å²) in [5.74, 6) is 0.282. The van der Waals surface area contributed by atoms with Crippen LogP contribution in [0.5, 0.6) is 5.75 Å². The highest BCUT2D eigenvalue weighted by molar-refractivity contribution is 5.98. The minimum atomic E-state index is -0.223. The van der Waals surface area contributed by atoms with Gasteiger partial charge in [-0.3, -0.25) is 9.78 Å². The van der Waals surface area contributed by atoms with Crippen LogP contribution >= 0.6 is 0 Å². The van der Waals surface area contributed by atoms with Crippen LogP contribution in [0.2, 0.25) is 0 Å². The van der Waals surface area contributed by atoms with Crippen molar-refractivity contribution in [1.82, 2.24) is 15.2 Å². The van der Waals surface area contributed by atoms with E-state index in [1.54, 1.807) is 42.5 Å². The van der Waals surface area contributed by atoms with E-state index in [0.717, 1.165) is 18.4 Å². The molecule has 0 spiro atoms. The summed E-state index contributed by atoms with van der Waals surface area (Å²) >= 11 is 0. The van der Waals surface area contributed by atoms with E-state index in [9.17, 15) is 9.59 Å². The molecule has 1 saturated heterocycles. The average molecular weight is 354 g/mol. The molecule has 0 bridgehead atoms. The Morgan fingerprint density at radius 1 is 1.23 bits per heavy atom. The van der Waals surface area contributed by atoms with Crippen molar-refractivity contribution in [3.8, 4) is 5.75 Å². The van der Waals surface area contributed by atoms with Crippen LogP contribution in [0, 0.1) is 0 Å². The fourth-order valence-electron chi connectivity index (χ4n) is 3.22. The first-order valence-electron chi connectivity index (χ1n) is 8.51. The van der Waals surface area contributed by atoms with Gasteiger partial charge in [0.1, 0.15) is 5.75 Å². The number of amides is 3. The fourth-order valence-corrected chi connectivity index (χ4v) is 3.22. The summed E-state index contributed by atoms with van der Waals surface area (Å²) in [5, 5.41) is 5.46. The molecule has 1 aromatic heterocycles. The Bertz CT molecular complexity index is 795. The predicted octanol–water partition coefficient (Wildman–Crippen LogP) is 2.82. The molecule has 26 heavy (non-hydrogen) atoms. The molecular weight excluding hydrogens is 332 g/mol. The summed E-state index contributed by atoms with van der Waals surface area (Å²) in [6, 6.07) is 8.62. The maximum absolute atomic E-state index is 12.9. The van der Waals surface area contributed by atoms with Gasteiger partial charge in [0, 0.05) is 31.5 Å². The standard InChI is InChI=1S/C19H22N4O3/c1-20-18(24)14-5-6-17(26-2)15(12-14)22-19(25)23-11-3-4-16(23)13-7-9-21-10-8-13/h5-10,12,16H,3-4,11H2,1-2H3,(H,20,24)(H,22,25)/t16-/m1/s1. The normalized spacial score (nSPS) is 16.2. The number of pyridine rings is 1. The van der Waals surface area contributed by atoms with Gasteiger partial charge in [-0.15, -0.1) is 0 Å². The molecule has 1 fully saturated rings. The summed E-state index contributed by atoms with van der Waals surface area (Å²) in [5.41, 5.74) is 1.99. The van der Waals surface area contributed by atoms with Gasteiger partial charge in [-0.05, 0) is 48.7 Å². The highest BCUT2D eigenvalue weighted by Gasteiger charge is 2.30. The van der Waals surface area contributed by atoms with Crippen LogP contribution in [-0.4, -0.2) is 42.5 Å². The van der Waals surface area contributed by atoms with E-state index in [-0.39, 0.29) is 18.0 Å². The second-order valence-electron chi connectivity index (χ2n) is 6.06. The molecular formula is C19H22N4O3. The Kier molecular flexibility index (Phi) is 5.36. The van der Waals surface area contributed by atoms with Crippen molar-refractivity contribution >= 4 is 17.6 Å². The molecule has 7 heteroatoms. The van der Waals surface area contributed by atoms with E-state index in [1.807, 2.05) is 12.1 Å². The number of urea groups is 1. The third kappa shape index (κ3) is 3.61. The van der Waals surface area contributed by atoms with Crippen LogP contribution in [0.25, 0.3) is 0 Å². The van der Waals surface area contributed by atoms with Crippen molar-refractivity contribution in [3.05, 3.63) is 53.9 Å². The summed E-state index contributed by atoms with van der Waals surface area (Å²) in [4.78, 5) is 30.6. The second kappa shape index (κ2) is 7.86.